The fraction of sp³-hybridized carbons (Fsp3) is 0.312. The van der Waals surface area contributed by atoms with Crippen LogP contribution in [0.4, 0.5) is 0 Å². The van der Waals surface area contributed by atoms with Crippen LogP contribution in [0.15, 0.2) is 30.7 Å². The van der Waals surface area contributed by atoms with Gasteiger partial charge in [0.2, 0.25) is 0 Å². The molecule has 1 amide bonds. The molecule has 5 rings (SSSR count). The Kier molecular flexibility index (Phi) is 2.72. The number of hydrogen-bond acceptors (Lipinski definition) is 6. The number of hydrogen-bond donors (Lipinski definition) is 0. The van der Waals surface area contributed by atoms with E-state index < -0.39 is 0 Å². The smallest absolute Gasteiger partial charge is 0.254 e. The first-order valence-electron chi connectivity index (χ1n) is 7.65. The van der Waals surface area contributed by atoms with Crippen LogP contribution in [0, 0.1) is 0 Å². The van der Waals surface area contributed by atoms with E-state index in [-0.39, 0.29) is 18.0 Å². The number of carbonyl (C=O) groups excluding carboxylic acids is 1. The normalized spacial score (nSPS) is 22.3. The molecule has 0 aliphatic carbocycles. The summed E-state index contributed by atoms with van der Waals surface area (Å²) in [5.41, 5.74) is 4.50. The van der Waals surface area contributed by atoms with Gasteiger partial charge in [-0.3, -0.25) is 4.79 Å². The van der Waals surface area contributed by atoms with Gasteiger partial charge < -0.3 is 4.90 Å². The first kappa shape index (κ1) is 13.1. The van der Waals surface area contributed by atoms with Gasteiger partial charge in [-0.05, 0) is 31.0 Å². The lowest BCUT2D eigenvalue weighted by molar-refractivity contribution is 0.0644. The average Bonchev–Trinajstić information content (AvgIpc) is 3.17. The molecule has 1 saturated heterocycles. The second-order valence-electron chi connectivity index (χ2n) is 6.06. The molecule has 2 unspecified atom stereocenters. The quantitative estimate of drug-likeness (QED) is 0.687. The van der Waals surface area contributed by atoms with E-state index in [1.54, 1.807) is 6.33 Å². The van der Waals surface area contributed by atoms with Gasteiger partial charge in [0.15, 0.2) is 0 Å². The standard InChI is InChI=1S/C16H13N5OS/c22-16(9-1-3-12-14(5-9)20-23-19-12)21-10-2-4-15(21)11-7-17-8-18-13(11)6-10/h1,3,5,7-8,10,15H,2,4,6H2. The highest BCUT2D eigenvalue weighted by atomic mass is 32.1. The predicted octanol–water partition coefficient (Wildman–Crippen LogP) is 2.38. The number of rotatable bonds is 1. The highest BCUT2D eigenvalue weighted by molar-refractivity contribution is 7.00. The minimum absolute atomic E-state index is 0.0712. The fourth-order valence-electron chi connectivity index (χ4n) is 3.80. The van der Waals surface area contributed by atoms with Crippen molar-refractivity contribution in [1.29, 1.82) is 0 Å². The maximum Gasteiger partial charge on any atom is 0.254 e. The van der Waals surface area contributed by atoms with E-state index in [4.69, 9.17) is 0 Å². The molecule has 2 aliphatic heterocycles. The Morgan fingerprint density at radius 2 is 2.13 bits per heavy atom. The highest BCUT2D eigenvalue weighted by Crippen LogP contribution is 2.43. The third-order valence-corrected chi connectivity index (χ3v) is 5.41. The van der Waals surface area contributed by atoms with Crippen molar-refractivity contribution in [2.45, 2.75) is 31.3 Å². The van der Waals surface area contributed by atoms with Crippen LogP contribution in [0.25, 0.3) is 11.0 Å². The zero-order valence-electron chi connectivity index (χ0n) is 12.2. The number of amides is 1. The fourth-order valence-corrected chi connectivity index (χ4v) is 4.32. The molecule has 0 spiro atoms. The molecule has 2 aromatic heterocycles. The molecule has 0 radical (unpaired) electrons. The van der Waals surface area contributed by atoms with Crippen LogP contribution < -0.4 is 0 Å². The largest absolute Gasteiger partial charge is 0.328 e. The van der Waals surface area contributed by atoms with Gasteiger partial charge in [0.1, 0.15) is 17.4 Å². The minimum atomic E-state index is 0.0712. The molecule has 3 aromatic rings. The Bertz CT molecular complexity index is 923. The van der Waals surface area contributed by atoms with Gasteiger partial charge in [0.25, 0.3) is 5.91 Å². The summed E-state index contributed by atoms with van der Waals surface area (Å²) >= 11 is 1.17. The van der Waals surface area contributed by atoms with Crippen molar-refractivity contribution in [3.8, 4) is 0 Å². The molecule has 6 nitrogen and oxygen atoms in total. The Hall–Kier alpha value is -2.41. The lowest BCUT2D eigenvalue weighted by Gasteiger charge is -2.35. The maximum absolute atomic E-state index is 13.1. The van der Waals surface area contributed by atoms with Crippen LogP contribution in [-0.2, 0) is 6.42 Å². The van der Waals surface area contributed by atoms with Gasteiger partial charge in [0.05, 0.1) is 23.5 Å². The van der Waals surface area contributed by atoms with Crippen LogP contribution in [0.2, 0.25) is 0 Å². The zero-order valence-corrected chi connectivity index (χ0v) is 13.0. The molecule has 0 saturated carbocycles. The molecular formula is C16H13N5OS. The first-order valence-corrected chi connectivity index (χ1v) is 8.38. The van der Waals surface area contributed by atoms with Crippen molar-refractivity contribution >= 4 is 28.7 Å². The molecule has 2 atom stereocenters. The number of carbonyl (C=O) groups is 1. The van der Waals surface area contributed by atoms with Gasteiger partial charge in [-0.1, -0.05) is 0 Å². The lowest BCUT2D eigenvalue weighted by atomic mass is 9.98. The molecular weight excluding hydrogens is 310 g/mol. The third kappa shape index (κ3) is 1.89. The summed E-state index contributed by atoms with van der Waals surface area (Å²) in [6.45, 7) is 0. The Morgan fingerprint density at radius 1 is 1.22 bits per heavy atom. The maximum atomic E-state index is 13.1. The summed E-state index contributed by atoms with van der Waals surface area (Å²) in [6, 6.07) is 5.90. The highest BCUT2D eigenvalue weighted by Gasteiger charge is 2.43. The van der Waals surface area contributed by atoms with E-state index >= 15 is 0 Å². The molecule has 4 heterocycles. The molecule has 7 heteroatoms. The van der Waals surface area contributed by atoms with E-state index in [1.165, 1.54) is 11.7 Å². The number of benzene rings is 1. The number of aromatic nitrogens is 4. The van der Waals surface area contributed by atoms with E-state index in [1.807, 2.05) is 29.3 Å². The van der Waals surface area contributed by atoms with Gasteiger partial charge in [-0.25, -0.2) is 9.97 Å². The summed E-state index contributed by atoms with van der Waals surface area (Å²) < 4.78 is 8.43. The van der Waals surface area contributed by atoms with Gasteiger partial charge in [-0.2, -0.15) is 8.75 Å². The lowest BCUT2D eigenvalue weighted by Crippen LogP contribution is -2.42. The number of fused-ring (bicyclic) bond motifs is 5. The van der Waals surface area contributed by atoms with Crippen molar-refractivity contribution in [2.75, 3.05) is 0 Å². The molecule has 0 N–H and O–H groups in total. The van der Waals surface area contributed by atoms with Crippen molar-refractivity contribution < 1.29 is 4.79 Å². The zero-order chi connectivity index (χ0) is 15.4. The van der Waals surface area contributed by atoms with E-state index in [9.17, 15) is 4.79 Å². The average molecular weight is 323 g/mol. The summed E-state index contributed by atoms with van der Waals surface area (Å²) in [6.07, 6.45) is 6.28. The van der Waals surface area contributed by atoms with Crippen LogP contribution in [-0.4, -0.2) is 35.6 Å². The summed E-state index contributed by atoms with van der Waals surface area (Å²) in [5.74, 6) is 0.0712. The van der Waals surface area contributed by atoms with Crippen LogP contribution in [0.1, 0.15) is 40.5 Å². The van der Waals surface area contributed by atoms with E-state index in [0.29, 0.717) is 5.56 Å². The molecule has 1 aromatic carbocycles. The molecule has 2 bridgehead atoms. The van der Waals surface area contributed by atoms with E-state index in [2.05, 4.69) is 18.7 Å². The van der Waals surface area contributed by atoms with Gasteiger partial charge >= 0.3 is 0 Å². The van der Waals surface area contributed by atoms with Crippen molar-refractivity contribution in [1.82, 2.24) is 23.6 Å². The Morgan fingerprint density at radius 3 is 3.09 bits per heavy atom. The predicted molar refractivity (Wildman–Crippen MR) is 85.1 cm³/mol. The summed E-state index contributed by atoms with van der Waals surface area (Å²) in [5, 5.41) is 0. The van der Waals surface area contributed by atoms with Crippen LogP contribution >= 0.6 is 11.7 Å². The minimum Gasteiger partial charge on any atom is -0.328 e. The SMILES string of the molecule is O=C(c1ccc2nsnc2c1)N1C2CCC1c1cncnc1C2. The Labute approximate surface area is 136 Å². The number of nitrogens with zero attached hydrogens (tertiary/aromatic N) is 5. The van der Waals surface area contributed by atoms with Crippen molar-refractivity contribution in [3.05, 3.63) is 47.5 Å². The summed E-state index contributed by atoms with van der Waals surface area (Å²) in [4.78, 5) is 23.6. The topological polar surface area (TPSA) is 71.9 Å². The molecule has 114 valence electrons. The van der Waals surface area contributed by atoms with Crippen molar-refractivity contribution in [2.24, 2.45) is 0 Å². The monoisotopic (exact) mass is 323 g/mol. The van der Waals surface area contributed by atoms with Crippen LogP contribution in [0.5, 0.6) is 0 Å². The van der Waals surface area contributed by atoms with E-state index in [0.717, 1.165) is 41.6 Å². The van der Waals surface area contributed by atoms with Crippen LogP contribution in [0.3, 0.4) is 0 Å². The third-order valence-electron chi connectivity index (χ3n) is 4.85. The molecule has 2 aliphatic rings. The second-order valence-corrected chi connectivity index (χ2v) is 6.58. The molecule has 1 fully saturated rings. The van der Waals surface area contributed by atoms with Gasteiger partial charge in [-0.15, -0.1) is 0 Å². The second kappa shape index (κ2) is 4.79. The first-order chi connectivity index (χ1) is 11.3. The molecule has 23 heavy (non-hydrogen) atoms. The van der Waals surface area contributed by atoms with Gasteiger partial charge in [0, 0.05) is 29.8 Å². The Balaban J connectivity index is 1.55. The van der Waals surface area contributed by atoms with Crippen molar-refractivity contribution in [3.63, 3.8) is 0 Å². The summed E-state index contributed by atoms with van der Waals surface area (Å²) in [7, 11) is 0.